The summed E-state index contributed by atoms with van der Waals surface area (Å²) in [5.41, 5.74) is 0. The zero-order chi connectivity index (χ0) is 13.8. The average molecular weight is 268 g/mol. The Kier molecular flexibility index (Phi) is 4.66. The maximum atomic E-state index is 12.3. The number of rotatable bonds is 4. The molecular weight excluding hydrogens is 244 g/mol. The van der Waals surface area contributed by atoms with Gasteiger partial charge in [-0.05, 0) is 31.6 Å². The first-order chi connectivity index (χ1) is 9.11. The smallest absolute Gasteiger partial charge is 0.317 e. The van der Waals surface area contributed by atoms with Gasteiger partial charge in [0.25, 0.3) is 0 Å². The lowest BCUT2D eigenvalue weighted by molar-refractivity contribution is -0.137. The molecule has 3 atom stereocenters. The van der Waals surface area contributed by atoms with Crippen molar-refractivity contribution < 1.29 is 14.7 Å². The summed E-state index contributed by atoms with van der Waals surface area (Å²) in [6.07, 6.45) is 6.59. The molecule has 5 heteroatoms. The van der Waals surface area contributed by atoms with Gasteiger partial charge in [0.2, 0.25) is 0 Å². The SMILES string of the molecule is CCC(CC(=O)O)NC(=O)N1CCC2CCCCC21. The predicted octanol–water partition coefficient (Wildman–Crippen LogP) is 2.21. The minimum absolute atomic E-state index is 0.00414. The zero-order valence-corrected chi connectivity index (χ0v) is 11.6. The van der Waals surface area contributed by atoms with Gasteiger partial charge in [-0.25, -0.2) is 4.79 Å². The molecule has 2 aliphatic rings. The van der Waals surface area contributed by atoms with Crippen LogP contribution in [0.2, 0.25) is 0 Å². The van der Waals surface area contributed by atoms with Crippen molar-refractivity contribution in [2.24, 2.45) is 5.92 Å². The van der Waals surface area contributed by atoms with E-state index < -0.39 is 5.97 Å². The fraction of sp³-hybridized carbons (Fsp3) is 0.857. The van der Waals surface area contributed by atoms with Crippen molar-refractivity contribution in [3.05, 3.63) is 0 Å². The van der Waals surface area contributed by atoms with Crippen LogP contribution in [-0.2, 0) is 4.79 Å². The molecule has 108 valence electrons. The van der Waals surface area contributed by atoms with Crippen LogP contribution in [0, 0.1) is 5.92 Å². The van der Waals surface area contributed by atoms with Crippen LogP contribution in [0.3, 0.4) is 0 Å². The summed E-state index contributed by atoms with van der Waals surface area (Å²) in [4.78, 5) is 24.9. The van der Waals surface area contributed by atoms with E-state index in [9.17, 15) is 9.59 Å². The minimum Gasteiger partial charge on any atom is -0.481 e. The molecule has 2 fully saturated rings. The van der Waals surface area contributed by atoms with Gasteiger partial charge in [0.05, 0.1) is 6.42 Å². The largest absolute Gasteiger partial charge is 0.481 e. The van der Waals surface area contributed by atoms with E-state index in [4.69, 9.17) is 5.11 Å². The second-order valence-corrected chi connectivity index (χ2v) is 5.75. The number of carbonyl (C=O) groups excluding carboxylic acids is 1. The van der Waals surface area contributed by atoms with E-state index >= 15 is 0 Å². The third-order valence-corrected chi connectivity index (χ3v) is 4.51. The van der Waals surface area contributed by atoms with Gasteiger partial charge in [-0.1, -0.05) is 19.8 Å². The van der Waals surface area contributed by atoms with Crippen LogP contribution in [0.4, 0.5) is 4.79 Å². The molecule has 1 saturated carbocycles. The second-order valence-electron chi connectivity index (χ2n) is 5.75. The number of nitrogens with one attached hydrogen (secondary N) is 1. The van der Waals surface area contributed by atoms with Crippen molar-refractivity contribution in [1.29, 1.82) is 0 Å². The van der Waals surface area contributed by atoms with Gasteiger partial charge in [-0.2, -0.15) is 0 Å². The third kappa shape index (κ3) is 3.39. The van der Waals surface area contributed by atoms with Crippen molar-refractivity contribution in [2.45, 2.75) is 64.0 Å². The van der Waals surface area contributed by atoms with E-state index in [0.717, 1.165) is 19.4 Å². The molecule has 3 unspecified atom stereocenters. The summed E-state index contributed by atoms with van der Waals surface area (Å²) in [7, 11) is 0. The molecular formula is C14H24N2O3. The van der Waals surface area contributed by atoms with Crippen LogP contribution < -0.4 is 5.32 Å². The monoisotopic (exact) mass is 268 g/mol. The van der Waals surface area contributed by atoms with E-state index in [-0.39, 0.29) is 18.5 Å². The molecule has 2 rings (SSSR count). The Labute approximate surface area is 114 Å². The first kappa shape index (κ1) is 14.2. The molecule has 0 bridgehead atoms. The number of hydrogen-bond acceptors (Lipinski definition) is 2. The van der Waals surface area contributed by atoms with Crippen molar-refractivity contribution >= 4 is 12.0 Å². The van der Waals surface area contributed by atoms with Gasteiger partial charge in [0.15, 0.2) is 0 Å². The third-order valence-electron chi connectivity index (χ3n) is 4.51. The number of nitrogens with zero attached hydrogens (tertiary/aromatic N) is 1. The molecule has 1 aliphatic heterocycles. The van der Waals surface area contributed by atoms with Crippen LogP contribution in [0.25, 0.3) is 0 Å². The molecule has 0 aromatic heterocycles. The van der Waals surface area contributed by atoms with E-state index in [2.05, 4.69) is 5.32 Å². The summed E-state index contributed by atoms with van der Waals surface area (Å²) >= 11 is 0. The van der Waals surface area contributed by atoms with E-state index in [1.54, 1.807) is 0 Å². The number of urea groups is 1. The highest BCUT2D eigenvalue weighted by molar-refractivity contribution is 5.76. The van der Waals surface area contributed by atoms with E-state index in [1.807, 2.05) is 11.8 Å². The fourth-order valence-corrected chi connectivity index (χ4v) is 3.42. The molecule has 0 aromatic carbocycles. The van der Waals surface area contributed by atoms with Gasteiger partial charge in [-0.15, -0.1) is 0 Å². The summed E-state index contributed by atoms with van der Waals surface area (Å²) in [6, 6.07) is 0.0613. The molecule has 2 N–H and O–H groups in total. The molecule has 1 saturated heterocycles. The summed E-state index contributed by atoms with van der Waals surface area (Å²) < 4.78 is 0. The summed E-state index contributed by atoms with van der Waals surface area (Å²) in [5.74, 6) is -0.192. The second kappa shape index (κ2) is 6.26. The van der Waals surface area contributed by atoms with Gasteiger partial charge in [0.1, 0.15) is 0 Å². The molecule has 2 amide bonds. The number of fused-ring (bicyclic) bond motifs is 1. The number of carboxylic acid groups (broad SMARTS) is 1. The lowest BCUT2D eigenvalue weighted by Crippen LogP contribution is -2.48. The zero-order valence-electron chi connectivity index (χ0n) is 11.6. The fourth-order valence-electron chi connectivity index (χ4n) is 3.42. The number of aliphatic carboxylic acids is 1. The molecule has 5 nitrogen and oxygen atoms in total. The highest BCUT2D eigenvalue weighted by Crippen LogP contribution is 2.36. The highest BCUT2D eigenvalue weighted by Gasteiger charge is 2.38. The lowest BCUT2D eigenvalue weighted by atomic mass is 9.85. The van der Waals surface area contributed by atoms with E-state index in [0.29, 0.717) is 18.4 Å². The molecule has 0 spiro atoms. The number of likely N-dealkylation sites (tertiary alicyclic amines) is 1. The van der Waals surface area contributed by atoms with Crippen LogP contribution in [-0.4, -0.2) is 40.6 Å². The van der Waals surface area contributed by atoms with Crippen molar-refractivity contribution in [1.82, 2.24) is 10.2 Å². The van der Waals surface area contributed by atoms with Gasteiger partial charge >= 0.3 is 12.0 Å². The highest BCUT2D eigenvalue weighted by atomic mass is 16.4. The first-order valence-corrected chi connectivity index (χ1v) is 7.40. The Morgan fingerprint density at radius 1 is 1.32 bits per heavy atom. The maximum absolute atomic E-state index is 12.3. The first-order valence-electron chi connectivity index (χ1n) is 7.40. The van der Waals surface area contributed by atoms with Gasteiger partial charge < -0.3 is 15.3 Å². The Balaban J connectivity index is 1.90. The Morgan fingerprint density at radius 3 is 2.74 bits per heavy atom. The number of carboxylic acids is 1. The quantitative estimate of drug-likeness (QED) is 0.821. The molecule has 19 heavy (non-hydrogen) atoms. The van der Waals surface area contributed by atoms with E-state index in [1.165, 1.54) is 19.3 Å². The maximum Gasteiger partial charge on any atom is 0.317 e. The van der Waals surface area contributed by atoms with Crippen LogP contribution >= 0.6 is 0 Å². The minimum atomic E-state index is -0.857. The van der Waals surface area contributed by atoms with Crippen molar-refractivity contribution in [2.75, 3.05) is 6.54 Å². The van der Waals surface area contributed by atoms with Crippen LogP contribution in [0.5, 0.6) is 0 Å². The predicted molar refractivity (Wildman–Crippen MR) is 71.9 cm³/mol. The molecule has 0 aromatic rings. The summed E-state index contributed by atoms with van der Waals surface area (Å²) in [5, 5.41) is 11.7. The van der Waals surface area contributed by atoms with Crippen LogP contribution in [0.1, 0.15) is 51.9 Å². The number of hydrogen-bond donors (Lipinski definition) is 2. The number of amides is 2. The standard InChI is InChI=1S/C14H24N2O3/c1-2-11(9-13(17)18)15-14(19)16-8-7-10-5-3-4-6-12(10)16/h10-12H,2-9H2,1H3,(H,15,19)(H,17,18). The Hall–Kier alpha value is -1.26. The van der Waals surface area contributed by atoms with Gasteiger partial charge in [-0.3, -0.25) is 4.79 Å². The van der Waals surface area contributed by atoms with Crippen molar-refractivity contribution in [3.63, 3.8) is 0 Å². The lowest BCUT2D eigenvalue weighted by Gasteiger charge is -2.32. The average Bonchev–Trinajstić information content (AvgIpc) is 2.81. The Bertz CT molecular complexity index is 346. The normalized spacial score (nSPS) is 27.7. The molecule has 1 aliphatic carbocycles. The Morgan fingerprint density at radius 2 is 2.05 bits per heavy atom. The number of carbonyl (C=O) groups is 2. The van der Waals surface area contributed by atoms with Crippen LogP contribution in [0.15, 0.2) is 0 Å². The summed E-state index contributed by atoms with van der Waals surface area (Å²) in [6.45, 7) is 2.73. The molecule has 0 radical (unpaired) electrons. The van der Waals surface area contributed by atoms with Crippen molar-refractivity contribution in [3.8, 4) is 0 Å². The topological polar surface area (TPSA) is 69.6 Å². The molecule has 1 heterocycles. The van der Waals surface area contributed by atoms with Gasteiger partial charge in [0, 0.05) is 18.6 Å².